The molecule has 1 unspecified atom stereocenters. The summed E-state index contributed by atoms with van der Waals surface area (Å²) < 4.78 is 3.67. The van der Waals surface area contributed by atoms with Crippen LogP contribution in [0.25, 0.3) is 0 Å². The van der Waals surface area contributed by atoms with E-state index in [-0.39, 0.29) is 5.91 Å². The van der Waals surface area contributed by atoms with Gasteiger partial charge in [0.15, 0.2) is 0 Å². The van der Waals surface area contributed by atoms with Gasteiger partial charge in [-0.15, -0.1) is 11.3 Å². The van der Waals surface area contributed by atoms with Crippen LogP contribution in [0.1, 0.15) is 9.67 Å². The highest BCUT2D eigenvalue weighted by Crippen LogP contribution is 2.29. The van der Waals surface area contributed by atoms with Crippen molar-refractivity contribution < 1.29 is 9.53 Å². The van der Waals surface area contributed by atoms with Gasteiger partial charge in [-0.1, -0.05) is 40.9 Å². The molecule has 1 atom stereocenters. The molecule has 5 nitrogen and oxygen atoms in total. The van der Waals surface area contributed by atoms with Crippen molar-refractivity contribution >= 4 is 52.0 Å². The normalized spacial score (nSPS) is 18.1. The molecule has 1 aromatic heterocycles. The molecule has 0 spiro atoms. The third-order valence-corrected chi connectivity index (χ3v) is 4.75. The number of hydrogen-bond donors (Lipinski definition) is 2. The molecule has 124 valence electrons. The zero-order chi connectivity index (χ0) is 16.0. The Kier molecular flexibility index (Phi) is 7.21. The SMILES string of the molecule is O=C(NC(NCCN1CCOCC1)C(Cl)(Cl)Cl)c1cccs1. The number of ether oxygens (including phenoxy) is 1. The van der Waals surface area contributed by atoms with Crippen LogP contribution in [0.5, 0.6) is 0 Å². The standard InChI is InChI=1S/C13H18Cl3N3O2S/c14-13(15,16)12(18-11(20)10-2-1-9-22-10)17-3-4-19-5-7-21-8-6-19/h1-2,9,12,17H,3-8H2,(H,18,20). The lowest BCUT2D eigenvalue weighted by molar-refractivity contribution is 0.0380. The maximum Gasteiger partial charge on any atom is 0.262 e. The Bertz CT molecular complexity index is 462. The van der Waals surface area contributed by atoms with Crippen molar-refractivity contribution in [3.05, 3.63) is 22.4 Å². The van der Waals surface area contributed by atoms with Crippen molar-refractivity contribution in [1.82, 2.24) is 15.5 Å². The van der Waals surface area contributed by atoms with Crippen LogP contribution in [0.3, 0.4) is 0 Å². The summed E-state index contributed by atoms with van der Waals surface area (Å²) in [5, 5.41) is 7.64. The Morgan fingerprint density at radius 3 is 2.73 bits per heavy atom. The number of alkyl halides is 3. The second-order valence-corrected chi connectivity index (χ2v) is 8.15. The van der Waals surface area contributed by atoms with Gasteiger partial charge in [-0.3, -0.25) is 15.0 Å². The van der Waals surface area contributed by atoms with Gasteiger partial charge in [0.2, 0.25) is 3.79 Å². The van der Waals surface area contributed by atoms with E-state index in [2.05, 4.69) is 15.5 Å². The van der Waals surface area contributed by atoms with Crippen molar-refractivity contribution in [2.24, 2.45) is 0 Å². The fraction of sp³-hybridized carbons (Fsp3) is 0.615. The molecule has 2 heterocycles. The van der Waals surface area contributed by atoms with Crippen molar-refractivity contribution in [2.75, 3.05) is 39.4 Å². The van der Waals surface area contributed by atoms with Crippen LogP contribution >= 0.6 is 46.1 Å². The fourth-order valence-electron chi connectivity index (χ4n) is 2.05. The van der Waals surface area contributed by atoms with Gasteiger partial charge in [0, 0.05) is 26.2 Å². The first-order valence-electron chi connectivity index (χ1n) is 6.91. The molecule has 2 N–H and O–H groups in total. The summed E-state index contributed by atoms with van der Waals surface area (Å²) >= 11 is 19.2. The summed E-state index contributed by atoms with van der Waals surface area (Å²) in [4.78, 5) is 14.9. The van der Waals surface area contributed by atoms with Gasteiger partial charge in [0.25, 0.3) is 5.91 Å². The van der Waals surface area contributed by atoms with Crippen LogP contribution in [0.15, 0.2) is 17.5 Å². The predicted octanol–water partition coefficient (Wildman–Crippen LogP) is 2.10. The number of halogens is 3. The molecule has 0 aliphatic carbocycles. The van der Waals surface area contributed by atoms with Crippen molar-refractivity contribution in [1.29, 1.82) is 0 Å². The molecule has 1 aliphatic rings. The Hall–Kier alpha value is -0.0800. The van der Waals surface area contributed by atoms with Crippen LogP contribution in [0.2, 0.25) is 0 Å². The number of amides is 1. The van der Waals surface area contributed by atoms with Crippen LogP contribution in [-0.2, 0) is 4.74 Å². The monoisotopic (exact) mass is 385 g/mol. The fourth-order valence-corrected chi connectivity index (χ4v) is 3.07. The number of nitrogens with zero attached hydrogens (tertiary/aromatic N) is 1. The van der Waals surface area contributed by atoms with E-state index in [1.165, 1.54) is 11.3 Å². The van der Waals surface area contributed by atoms with E-state index in [9.17, 15) is 4.79 Å². The molecule has 1 aliphatic heterocycles. The maximum atomic E-state index is 12.1. The van der Waals surface area contributed by atoms with Crippen LogP contribution in [0, 0.1) is 0 Å². The largest absolute Gasteiger partial charge is 0.379 e. The molecule has 1 aromatic rings. The van der Waals surface area contributed by atoms with Crippen molar-refractivity contribution in [3.8, 4) is 0 Å². The number of carbonyl (C=O) groups is 1. The second-order valence-electron chi connectivity index (χ2n) is 4.83. The number of hydrogen-bond acceptors (Lipinski definition) is 5. The van der Waals surface area contributed by atoms with E-state index < -0.39 is 9.96 Å². The van der Waals surface area contributed by atoms with E-state index in [1.807, 2.05) is 5.38 Å². The van der Waals surface area contributed by atoms with Gasteiger partial charge in [0.05, 0.1) is 18.1 Å². The van der Waals surface area contributed by atoms with Gasteiger partial charge in [0.1, 0.15) is 6.17 Å². The van der Waals surface area contributed by atoms with E-state index in [0.29, 0.717) is 11.4 Å². The molecule has 0 aromatic carbocycles. The predicted molar refractivity (Wildman–Crippen MR) is 91.1 cm³/mol. The van der Waals surface area contributed by atoms with Crippen LogP contribution in [-0.4, -0.2) is 60.2 Å². The summed E-state index contributed by atoms with van der Waals surface area (Å²) in [7, 11) is 0. The first-order chi connectivity index (χ1) is 10.5. The van der Waals surface area contributed by atoms with Crippen molar-refractivity contribution in [3.63, 3.8) is 0 Å². The summed E-state index contributed by atoms with van der Waals surface area (Å²) in [6.45, 7) is 4.66. The lowest BCUT2D eigenvalue weighted by Crippen LogP contribution is -2.55. The molecule has 1 saturated heterocycles. The average Bonchev–Trinajstić information content (AvgIpc) is 3.00. The maximum absolute atomic E-state index is 12.1. The summed E-state index contributed by atoms with van der Waals surface area (Å²) in [5.41, 5.74) is 0. The molecule has 1 amide bonds. The van der Waals surface area contributed by atoms with Crippen LogP contribution < -0.4 is 10.6 Å². The average molecular weight is 387 g/mol. The minimum Gasteiger partial charge on any atom is -0.379 e. The van der Waals surface area contributed by atoms with E-state index >= 15 is 0 Å². The number of rotatable bonds is 6. The number of morpholine rings is 1. The van der Waals surface area contributed by atoms with Gasteiger partial charge >= 0.3 is 0 Å². The Morgan fingerprint density at radius 1 is 1.41 bits per heavy atom. The number of carbonyl (C=O) groups excluding carboxylic acids is 1. The molecular formula is C13H18Cl3N3O2S. The highest BCUT2D eigenvalue weighted by atomic mass is 35.6. The highest BCUT2D eigenvalue weighted by molar-refractivity contribution is 7.12. The molecular weight excluding hydrogens is 369 g/mol. The van der Waals surface area contributed by atoms with Crippen molar-refractivity contribution in [2.45, 2.75) is 9.96 Å². The third kappa shape index (κ3) is 5.85. The number of nitrogens with one attached hydrogen (secondary N) is 2. The van der Waals surface area contributed by atoms with E-state index in [4.69, 9.17) is 39.5 Å². The zero-order valence-corrected chi connectivity index (χ0v) is 14.9. The topological polar surface area (TPSA) is 53.6 Å². The van der Waals surface area contributed by atoms with E-state index in [1.54, 1.807) is 12.1 Å². The Morgan fingerprint density at radius 2 is 2.14 bits per heavy atom. The zero-order valence-electron chi connectivity index (χ0n) is 11.9. The highest BCUT2D eigenvalue weighted by Gasteiger charge is 2.34. The van der Waals surface area contributed by atoms with E-state index in [0.717, 1.165) is 32.8 Å². The lowest BCUT2D eigenvalue weighted by Gasteiger charge is -2.30. The Balaban J connectivity index is 1.82. The molecule has 0 radical (unpaired) electrons. The van der Waals surface area contributed by atoms with Gasteiger partial charge in [-0.2, -0.15) is 0 Å². The smallest absolute Gasteiger partial charge is 0.262 e. The molecule has 9 heteroatoms. The second kappa shape index (κ2) is 8.68. The van der Waals surface area contributed by atoms with Crippen LogP contribution in [0.4, 0.5) is 0 Å². The summed E-state index contributed by atoms with van der Waals surface area (Å²) in [6.07, 6.45) is -0.756. The number of thiophene rings is 1. The third-order valence-electron chi connectivity index (χ3n) is 3.23. The first kappa shape index (κ1) is 18.3. The molecule has 1 fully saturated rings. The molecule has 0 saturated carbocycles. The molecule has 2 rings (SSSR count). The molecule has 22 heavy (non-hydrogen) atoms. The van der Waals surface area contributed by atoms with Gasteiger partial charge in [-0.05, 0) is 11.4 Å². The summed E-state index contributed by atoms with van der Waals surface area (Å²) in [5.74, 6) is -0.259. The molecule has 0 bridgehead atoms. The van der Waals surface area contributed by atoms with Gasteiger partial charge in [-0.25, -0.2) is 0 Å². The Labute approximate surface area is 148 Å². The quantitative estimate of drug-likeness (QED) is 0.581. The first-order valence-corrected chi connectivity index (χ1v) is 8.93. The summed E-state index contributed by atoms with van der Waals surface area (Å²) in [6, 6.07) is 3.53. The van der Waals surface area contributed by atoms with Gasteiger partial charge < -0.3 is 10.1 Å². The lowest BCUT2D eigenvalue weighted by atomic mass is 10.4. The minimum atomic E-state index is -1.63. The minimum absolute atomic E-state index is 0.259.